The molecule has 120 valence electrons. The van der Waals surface area contributed by atoms with Crippen molar-refractivity contribution in [3.8, 4) is 0 Å². The molecule has 1 amide bonds. The van der Waals surface area contributed by atoms with Crippen molar-refractivity contribution in [2.24, 2.45) is 5.92 Å². The fraction of sp³-hybridized carbons (Fsp3) is 0.368. The number of carbonyl (C=O) groups excluding carboxylic acids is 2. The summed E-state index contributed by atoms with van der Waals surface area (Å²) in [6, 6.07) is 14.0. The molecular formula is C19H21NO3. The number of amides is 1. The van der Waals surface area contributed by atoms with Crippen LogP contribution in [0.1, 0.15) is 37.8 Å². The highest BCUT2D eigenvalue weighted by atomic mass is 16.5. The summed E-state index contributed by atoms with van der Waals surface area (Å²) >= 11 is 0. The molecule has 1 aliphatic rings. The Hall–Kier alpha value is -2.36. The molecule has 2 aromatic rings. The zero-order chi connectivity index (χ0) is 16.2. The zero-order valence-electron chi connectivity index (χ0n) is 13.2. The van der Waals surface area contributed by atoms with Crippen molar-refractivity contribution in [3.05, 3.63) is 48.0 Å². The predicted molar refractivity (Wildman–Crippen MR) is 88.8 cm³/mol. The van der Waals surface area contributed by atoms with Crippen LogP contribution in [0.15, 0.2) is 42.5 Å². The molecule has 23 heavy (non-hydrogen) atoms. The number of esters is 1. The Morgan fingerprint density at radius 3 is 2.65 bits per heavy atom. The first-order chi connectivity index (χ1) is 11.1. The van der Waals surface area contributed by atoms with Gasteiger partial charge >= 0.3 is 5.97 Å². The number of hydrogen-bond acceptors (Lipinski definition) is 3. The summed E-state index contributed by atoms with van der Waals surface area (Å²) in [6.45, 7) is 1.73. The summed E-state index contributed by atoms with van der Waals surface area (Å²) in [6.07, 6.45) is 2.84. The number of fused-ring (bicyclic) bond motifs is 1. The molecule has 3 rings (SSSR count). The first-order valence-electron chi connectivity index (χ1n) is 8.09. The van der Waals surface area contributed by atoms with E-state index in [1.807, 2.05) is 49.4 Å². The molecule has 1 atom stereocenters. The minimum atomic E-state index is -0.266. The van der Waals surface area contributed by atoms with E-state index < -0.39 is 0 Å². The Balaban J connectivity index is 1.60. The molecule has 4 heteroatoms. The van der Waals surface area contributed by atoms with E-state index in [2.05, 4.69) is 5.32 Å². The smallest absolute Gasteiger partial charge is 0.309 e. The minimum absolute atomic E-state index is 0.00158. The molecule has 4 nitrogen and oxygen atoms in total. The molecule has 2 aromatic carbocycles. The SMILES string of the molecule is C[C@H](NC(=O)COC(=O)C1CCC1)c1cccc2ccccc12. The van der Waals surface area contributed by atoms with E-state index in [1.165, 1.54) is 0 Å². The maximum atomic E-state index is 12.0. The van der Waals surface area contributed by atoms with Gasteiger partial charge in [0.1, 0.15) is 0 Å². The molecule has 0 radical (unpaired) electrons. The molecule has 0 aliphatic heterocycles. The summed E-state index contributed by atoms with van der Waals surface area (Å²) in [4.78, 5) is 23.7. The molecule has 1 N–H and O–H groups in total. The summed E-state index contributed by atoms with van der Waals surface area (Å²) in [5.74, 6) is -0.513. The average molecular weight is 311 g/mol. The van der Waals surface area contributed by atoms with Crippen LogP contribution >= 0.6 is 0 Å². The second-order valence-corrected chi connectivity index (χ2v) is 6.09. The average Bonchev–Trinajstić information content (AvgIpc) is 2.50. The van der Waals surface area contributed by atoms with E-state index in [9.17, 15) is 9.59 Å². The maximum Gasteiger partial charge on any atom is 0.309 e. The van der Waals surface area contributed by atoms with E-state index in [4.69, 9.17) is 4.74 Å². The van der Waals surface area contributed by atoms with Crippen molar-refractivity contribution in [2.75, 3.05) is 6.61 Å². The Bertz CT molecular complexity index is 716. The van der Waals surface area contributed by atoms with Gasteiger partial charge in [-0.15, -0.1) is 0 Å². The van der Waals surface area contributed by atoms with Gasteiger partial charge in [0.05, 0.1) is 12.0 Å². The number of benzene rings is 2. The number of rotatable bonds is 5. The summed E-state index contributed by atoms with van der Waals surface area (Å²) in [7, 11) is 0. The Morgan fingerprint density at radius 1 is 1.17 bits per heavy atom. The molecule has 1 fully saturated rings. The molecule has 0 aromatic heterocycles. The Morgan fingerprint density at radius 2 is 1.91 bits per heavy atom. The lowest BCUT2D eigenvalue weighted by Gasteiger charge is -2.23. The Kier molecular flexibility index (Phi) is 4.60. The van der Waals surface area contributed by atoms with Crippen LogP contribution in [0.2, 0.25) is 0 Å². The molecule has 0 unspecified atom stereocenters. The quantitative estimate of drug-likeness (QED) is 0.861. The van der Waals surface area contributed by atoms with Crippen molar-refractivity contribution in [1.82, 2.24) is 5.32 Å². The zero-order valence-corrected chi connectivity index (χ0v) is 13.2. The minimum Gasteiger partial charge on any atom is -0.455 e. The lowest BCUT2D eigenvalue weighted by Crippen LogP contribution is -2.33. The van der Waals surface area contributed by atoms with Crippen LogP contribution in [0.4, 0.5) is 0 Å². The molecule has 0 heterocycles. The molecular weight excluding hydrogens is 290 g/mol. The molecule has 1 aliphatic carbocycles. The van der Waals surface area contributed by atoms with Gasteiger partial charge in [0.25, 0.3) is 5.91 Å². The fourth-order valence-corrected chi connectivity index (χ4v) is 2.89. The van der Waals surface area contributed by atoms with Gasteiger partial charge in [0.2, 0.25) is 0 Å². The number of ether oxygens (including phenoxy) is 1. The van der Waals surface area contributed by atoms with Gasteiger partial charge in [-0.2, -0.15) is 0 Å². The van der Waals surface area contributed by atoms with Crippen LogP contribution in [-0.2, 0) is 14.3 Å². The van der Waals surface area contributed by atoms with Gasteiger partial charge in [-0.1, -0.05) is 48.9 Å². The lowest BCUT2D eigenvalue weighted by molar-refractivity contribution is -0.155. The molecule has 0 spiro atoms. The summed E-state index contributed by atoms with van der Waals surface area (Å²) < 4.78 is 5.08. The highest BCUT2D eigenvalue weighted by molar-refractivity contribution is 5.87. The predicted octanol–water partition coefficient (Wildman–Crippen LogP) is 3.36. The number of nitrogens with one attached hydrogen (secondary N) is 1. The lowest BCUT2D eigenvalue weighted by atomic mass is 9.86. The van der Waals surface area contributed by atoms with Crippen molar-refractivity contribution in [1.29, 1.82) is 0 Å². The normalized spacial score (nSPS) is 15.7. The number of carbonyl (C=O) groups is 2. The van der Waals surface area contributed by atoms with Crippen molar-refractivity contribution in [2.45, 2.75) is 32.2 Å². The first kappa shape index (κ1) is 15.5. The third-order valence-electron chi connectivity index (χ3n) is 4.45. The fourth-order valence-electron chi connectivity index (χ4n) is 2.89. The second-order valence-electron chi connectivity index (χ2n) is 6.09. The number of hydrogen-bond donors (Lipinski definition) is 1. The molecule has 0 saturated heterocycles. The monoisotopic (exact) mass is 311 g/mol. The van der Waals surface area contributed by atoms with Crippen LogP contribution in [0.3, 0.4) is 0 Å². The van der Waals surface area contributed by atoms with Crippen molar-refractivity contribution < 1.29 is 14.3 Å². The van der Waals surface area contributed by atoms with E-state index in [0.717, 1.165) is 35.6 Å². The van der Waals surface area contributed by atoms with E-state index in [0.29, 0.717) is 0 Å². The van der Waals surface area contributed by atoms with Crippen LogP contribution in [0, 0.1) is 5.92 Å². The summed E-state index contributed by atoms with van der Waals surface area (Å²) in [5.41, 5.74) is 1.06. The standard InChI is InChI=1S/C19H21NO3/c1-13(16-11-5-7-14-6-2-3-10-17(14)16)20-18(21)12-23-19(22)15-8-4-9-15/h2-3,5-7,10-11,13,15H,4,8-9,12H2,1H3,(H,20,21)/t13-/m0/s1. The van der Waals surface area contributed by atoms with Gasteiger partial charge in [-0.25, -0.2) is 0 Å². The third-order valence-corrected chi connectivity index (χ3v) is 4.45. The van der Waals surface area contributed by atoms with Crippen molar-refractivity contribution in [3.63, 3.8) is 0 Å². The molecule has 1 saturated carbocycles. The van der Waals surface area contributed by atoms with E-state index in [1.54, 1.807) is 0 Å². The second kappa shape index (κ2) is 6.82. The van der Waals surface area contributed by atoms with E-state index >= 15 is 0 Å². The maximum absolute atomic E-state index is 12.0. The van der Waals surface area contributed by atoms with Gasteiger partial charge in [-0.05, 0) is 36.1 Å². The Labute approximate surface area is 135 Å². The largest absolute Gasteiger partial charge is 0.455 e. The third kappa shape index (κ3) is 3.52. The van der Waals surface area contributed by atoms with E-state index in [-0.39, 0.29) is 30.4 Å². The van der Waals surface area contributed by atoms with Crippen LogP contribution in [0.25, 0.3) is 10.8 Å². The highest BCUT2D eigenvalue weighted by Crippen LogP contribution is 2.27. The molecule has 0 bridgehead atoms. The summed E-state index contributed by atoms with van der Waals surface area (Å²) in [5, 5.41) is 5.16. The van der Waals surface area contributed by atoms with Gasteiger partial charge in [-0.3, -0.25) is 9.59 Å². The van der Waals surface area contributed by atoms with Gasteiger partial charge in [0, 0.05) is 0 Å². The van der Waals surface area contributed by atoms with Crippen LogP contribution in [-0.4, -0.2) is 18.5 Å². The van der Waals surface area contributed by atoms with Gasteiger partial charge < -0.3 is 10.1 Å². The highest BCUT2D eigenvalue weighted by Gasteiger charge is 2.27. The van der Waals surface area contributed by atoms with Crippen molar-refractivity contribution >= 4 is 22.6 Å². The van der Waals surface area contributed by atoms with Crippen LogP contribution < -0.4 is 5.32 Å². The van der Waals surface area contributed by atoms with Gasteiger partial charge in [0.15, 0.2) is 6.61 Å². The van der Waals surface area contributed by atoms with Crippen LogP contribution in [0.5, 0.6) is 0 Å². The first-order valence-corrected chi connectivity index (χ1v) is 8.09. The topological polar surface area (TPSA) is 55.4 Å².